The molecular weight excluding hydrogens is 348 g/mol. The van der Waals surface area contributed by atoms with Crippen molar-refractivity contribution >= 4 is 40.7 Å². The number of pyridine rings is 1. The van der Waals surface area contributed by atoms with Crippen molar-refractivity contribution in [3.63, 3.8) is 0 Å². The molecule has 128 valence electrons. The molecule has 0 fully saturated rings. The molecule has 0 aromatic carbocycles. The summed E-state index contributed by atoms with van der Waals surface area (Å²) < 4.78 is 12.6. The van der Waals surface area contributed by atoms with Gasteiger partial charge in [0.15, 0.2) is 12.4 Å². The first kappa shape index (κ1) is 18.3. The zero-order valence-electron chi connectivity index (χ0n) is 13.5. The summed E-state index contributed by atoms with van der Waals surface area (Å²) in [6.07, 6.45) is 3.67. The molecule has 0 radical (unpaired) electrons. The summed E-state index contributed by atoms with van der Waals surface area (Å²) in [7, 11) is 0. The van der Waals surface area contributed by atoms with Gasteiger partial charge in [0.05, 0.1) is 19.0 Å². The number of rotatable bonds is 7. The van der Waals surface area contributed by atoms with Gasteiger partial charge in [0.2, 0.25) is 0 Å². The summed E-state index contributed by atoms with van der Waals surface area (Å²) in [6.45, 7) is 4.11. The fraction of sp³-hybridized carbons (Fsp3) is 0.312. The standard InChI is InChI=1S/C16H18N2O4S2/c1-3-21-11(19)10-23-16-13(18-8-6-5-7-9-18)12(17)14(24-16)15(20)22-4-2/h5-9H,3-4,10H2,1-2H3,(H-,17,20)/p+1. The number of ether oxygens (including phenoxy) is 2. The third-order valence-corrected chi connectivity index (χ3v) is 5.36. The van der Waals surface area contributed by atoms with E-state index in [0.717, 1.165) is 4.21 Å². The van der Waals surface area contributed by atoms with Gasteiger partial charge in [-0.15, -0.1) is 11.3 Å². The van der Waals surface area contributed by atoms with E-state index in [2.05, 4.69) is 0 Å². The molecule has 0 aliphatic heterocycles. The maximum atomic E-state index is 12.1. The summed E-state index contributed by atoms with van der Waals surface area (Å²) >= 11 is 2.52. The van der Waals surface area contributed by atoms with Crippen LogP contribution in [-0.4, -0.2) is 30.9 Å². The molecule has 0 atom stereocenters. The van der Waals surface area contributed by atoms with E-state index in [1.165, 1.54) is 23.1 Å². The number of nitrogen functional groups attached to an aromatic ring is 1. The van der Waals surface area contributed by atoms with Crippen molar-refractivity contribution in [3.8, 4) is 5.69 Å². The van der Waals surface area contributed by atoms with Crippen molar-refractivity contribution in [1.82, 2.24) is 0 Å². The molecule has 2 aromatic heterocycles. The second-order valence-electron chi connectivity index (χ2n) is 4.58. The van der Waals surface area contributed by atoms with Crippen molar-refractivity contribution in [2.45, 2.75) is 18.1 Å². The van der Waals surface area contributed by atoms with Crippen LogP contribution in [0.25, 0.3) is 5.69 Å². The average molecular weight is 367 g/mol. The van der Waals surface area contributed by atoms with Crippen molar-refractivity contribution in [2.24, 2.45) is 0 Å². The zero-order chi connectivity index (χ0) is 17.5. The molecule has 2 aromatic rings. The number of carbonyl (C=O) groups excluding carboxylic acids is 2. The van der Waals surface area contributed by atoms with Gasteiger partial charge >= 0.3 is 11.9 Å². The van der Waals surface area contributed by atoms with E-state index in [1.807, 2.05) is 35.2 Å². The number of hydrogen-bond donors (Lipinski definition) is 1. The lowest BCUT2D eigenvalue weighted by Gasteiger charge is -2.01. The van der Waals surface area contributed by atoms with Gasteiger partial charge < -0.3 is 15.2 Å². The first-order valence-electron chi connectivity index (χ1n) is 7.42. The minimum Gasteiger partial charge on any atom is -0.465 e. The summed E-state index contributed by atoms with van der Waals surface area (Å²) in [4.78, 5) is 24.1. The zero-order valence-corrected chi connectivity index (χ0v) is 15.1. The van der Waals surface area contributed by atoms with Crippen LogP contribution in [-0.2, 0) is 14.3 Å². The van der Waals surface area contributed by atoms with Crippen LogP contribution in [0.4, 0.5) is 5.69 Å². The molecule has 2 heterocycles. The Hall–Kier alpha value is -2.06. The van der Waals surface area contributed by atoms with Crippen molar-refractivity contribution in [1.29, 1.82) is 0 Å². The van der Waals surface area contributed by atoms with Gasteiger partial charge in [-0.3, -0.25) is 4.79 Å². The highest BCUT2D eigenvalue weighted by Gasteiger charge is 2.29. The number of nitrogens with two attached hydrogens (primary N) is 1. The molecule has 8 heteroatoms. The van der Waals surface area contributed by atoms with Crippen LogP contribution >= 0.6 is 23.1 Å². The third-order valence-electron chi connectivity index (χ3n) is 2.95. The maximum absolute atomic E-state index is 12.1. The smallest absolute Gasteiger partial charge is 0.350 e. The van der Waals surface area contributed by atoms with Crippen molar-refractivity contribution in [3.05, 3.63) is 35.5 Å². The fourth-order valence-electron chi connectivity index (χ4n) is 1.98. The van der Waals surface area contributed by atoms with E-state index in [9.17, 15) is 9.59 Å². The highest BCUT2D eigenvalue weighted by molar-refractivity contribution is 8.01. The Labute approximate surface area is 148 Å². The van der Waals surface area contributed by atoms with Crippen LogP contribution in [0.2, 0.25) is 0 Å². The lowest BCUT2D eigenvalue weighted by molar-refractivity contribution is -0.596. The number of esters is 2. The number of nitrogens with zero attached hydrogens (tertiary/aromatic N) is 1. The molecule has 2 N–H and O–H groups in total. The fourth-order valence-corrected chi connectivity index (χ4v) is 4.17. The van der Waals surface area contributed by atoms with Crippen LogP contribution in [0.15, 0.2) is 34.8 Å². The molecule has 2 rings (SSSR count). The molecule has 0 saturated heterocycles. The van der Waals surface area contributed by atoms with Crippen LogP contribution in [0, 0.1) is 0 Å². The Morgan fingerprint density at radius 1 is 1.17 bits per heavy atom. The monoisotopic (exact) mass is 367 g/mol. The molecule has 0 unspecified atom stereocenters. The summed E-state index contributed by atoms with van der Waals surface area (Å²) in [5.41, 5.74) is 7.22. The summed E-state index contributed by atoms with van der Waals surface area (Å²) in [5.74, 6) is -0.617. The number of thioether (sulfide) groups is 1. The Morgan fingerprint density at radius 3 is 2.46 bits per heavy atom. The first-order chi connectivity index (χ1) is 11.6. The number of thiophene rings is 1. The molecule has 0 saturated carbocycles. The average Bonchev–Trinajstić information content (AvgIpc) is 2.91. The lowest BCUT2D eigenvalue weighted by Crippen LogP contribution is -2.30. The van der Waals surface area contributed by atoms with Crippen LogP contribution in [0.1, 0.15) is 23.5 Å². The predicted octanol–water partition coefficient (Wildman–Crippen LogP) is 2.44. The van der Waals surface area contributed by atoms with Crippen LogP contribution in [0.3, 0.4) is 0 Å². The molecule has 0 aliphatic carbocycles. The highest BCUT2D eigenvalue weighted by Crippen LogP contribution is 2.38. The largest absolute Gasteiger partial charge is 0.465 e. The SMILES string of the molecule is CCOC(=O)CSc1sc(C(=O)OCC)c(N)c1-[n+]1ccccc1. The molecule has 0 aliphatic rings. The van der Waals surface area contributed by atoms with Crippen molar-refractivity contribution < 1.29 is 23.6 Å². The summed E-state index contributed by atoms with van der Waals surface area (Å²) in [5, 5.41) is 0. The van der Waals surface area contributed by atoms with Gasteiger partial charge in [-0.1, -0.05) is 17.8 Å². The van der Waals surface area contributed by atoms with Crippen LogP contribution < -0.4 is 10.3 Å². The Morgan fingerprint density at radius 2 is 1.83 bits per heavy atom. The minimum atomic E-state index is -0.458. The first-order valence-corrected chi connectivity index (χ1v) is 9.23. The van der Waals surface area contributed by atoms with Gasteiger partial charge in [-0.25, -0.2) is 4.79 Å². The lowest BCUT2D eigenvalue weighted by atomic mass is 10.3. The van der Waals surface area contributed by atoms with E-state index in [1.54, 1.807) is 13.8 Å². The summed E-state index contributed by atoms with van der Waals surface area (Å²) in [6, 6.07) is 5.61. The van der Waals surface area contributed by atoms with E-state index in [4.69, 9.17) is 15.2 Å². The number of anilines is 1. The second kappa shape index (κ2) is 8.70. The normalized spacial score (nSPS) is 10.4. The van der Waals surface area contributed by atoms with Gasteiger partial charge in [-0.05, 0) is 13.8 Å². The van der Waals surface area contributed by atoms with Gasteiger partial charge in [-0.2, -0.15) is 4.57 Å². The second-order valence-corrected chi connectivity index (χ2v) is 6.84. The third kappa shape index (κ3) is 4.27. The molecule has 0 bridgehead atoms. The van der Waals surface area contributed by atoms with Gasteiger partial charge in [0, 0.05) is 12.1 Å². The Balaban J connectivity index is 2.38. The number of carbonyl (C=O) groups is 2. The Bertz CT molecular complexity index is 716. The molecule has 0 spiro atoms. The highest BCUT2D eigenvalue weighted by atomic mass is 32.2. The number of aromatic nitrogens is 1. The maximum Gasteiger partial charge on any atom is 0.350 e. The van der Waals surface area contributed by atoms with E-state index in [0.29, 0.717) is 22.9 Å². The van der Waals surface area contributed by atoms with E-state index >= 15 is 0 Å². The molecule has 6 nitrogen and oxygen atoms in total. The Kier molecular flexibility index (Phi) is 6.62. The molecule has 24 heavy (non-hydrogen) atoms. The quantitative estimate of drug-likeness (QED) is 0.460. The van der Waals surface area contributed by atoms with Gasteiger partial charge in [0.25, 0.3) is 5.69 Å². The predicted molar refractivity (Wildman–Crippen MR) is 93.6 cm³/mol. The van der Waals surface area contributed by atoms with Gasteiger partial charge in [0.1, 0.15) is 14.8 Å². The van der Waals surface area contributed by atoms with Crippen molar-refractivity contribution in [2.75, 3.05) is 24.7 Å². The minimum absolute atomic E-state index is 0.149. The van der Waals surface area contributed by atoms with E-state index < -0.39 is 5.97 Å². The molecular formula is C16H19N2O4S2+. The molecule has 0 amide bonds. The topological polar surface area (TPSA) is 82.5 Å². The number of hydrogen-bond acceptors (Lipinski definition) is 7. The van der Waals surface area contributed by atoms with Crippen LogP contribution in [0.5, 0.6) is 0 Å². The van der Waals surface area contributed by atoms with E-state index in [-0.39, 0.29) is 18.3 Å².